The Hall–Kier alpha value is -3.99. The molecular weight excluding hydrogens is 386 g/mol. The summed E-state index contributed by atoms with van der Waals surface area (Å²) >= 11 is 0. The third kappa shape index (κ3) is 3.34. The molecule has 0 aliphatic carbocycles. The average molecular weight is 407 g/mol. The Morgan fingerprint density at radius 3 is 2.48 bits per heavy atom. The summed E-state index contributed by atoms with van der Waals surface area (Å²) in [6.45, 7) is 4.20. The van der Waals surface area contributed by atoms with Crippen molar-refractivity contribution < 1.29 is 9.53 Å². The van der Waals surface area contributed by atoms with Gasteiger partial charge >= 0.3 is 5.97 Å². The molecule has 0 atom stereocenters. The molecule has 0 bridgehead atoms. The van der Waals surface area contributed by atoms with E-state index in [4.69, 9.17) is 9.84 Å². The monoisotopic (exact) mass is 407 g/mol. The summed E-state index contributed by atoms with van der Waals surface area (Å²) in [4.78, 5) is 17.0. The minimum absolute atomic E-state index is 0.332. The highest BCUT2D eigenvalue weighted by molar-refractivity contribution is 6.10. The van der Waals surface area contributed by atoms with Gasteiger partial charge in [0, 0.05) is 22.5 Å². The Morgan fingerprint density at radius 1 is 0.968 bits per heavy atom. The van der Waals surface area contributed by atoms with Gasteiger partial charge < -0.3 is 4.74 Å². The fourth-order valence-corrected chi connectivity index (χ4v) is 3.81. The highest BCUT2D eigenvalue weighted by Gasteiger charge is 2.18. The van der Waals surface area contributed by atoms with E-state index in [1.807, 2.05) is 53.3 Å². The van der Waals surface area contributed by atoms with Crippen LogP contribution in [0, 0.1) is 6.92 Å². The van der Waals surface area contributed by atoms with Crippen molar-refractivity contribution in [2.24, 2.45) is 0 Å². The lowest BCUT2D eigenvalue weighted by Crippen LogP contribution is -2.04. The van der Waals surface area contributed by atoms with Gasteiger partial charge in [-0.2, -0.15) is 5.10 Å². The number of rotatable bonds is 4. The summed E-state index contributed by atoms with van der Waals surface area (Å²) in [5.41, 5.74) is 6.23. The molecule has 0 unspecified atom stereocenters. The molecular formula is C26H21N3O2. The summed E-state index contributed by atoms with van der Waals surface area (Å²) in [6, 6.07) is 23.8. The SMILES string of the molecule is CCOC(=O)c1ccc2ncc3c(-c4ccc(C)cc4)nn(-c4ccccc4)c3c2c1. The number of benzene rings is 3. The minimum Gasteiger partial charge on any atom is -0.462 e. The Bertz CT molecular complexity index is 1400. The second-order valence-corrected chi connectivity index (χ2v) is 7.43. The number of ether oxygens (including phenoxy) is 1. The fraction of sp³-hybridized carbons (Fsp3) is 0.115. The molecule has 0 radical (unpaired) electrons. The van der Waals surface area contributed by atoms with Crippen molar-refractivity contribution in [3.05, 3.63) is 90.1 Å². The summed E-state index contributed by atoms with van der Waals surface area (Å²) < 4.78 is 7.14. The highest BCUT2D eigenvalue weighted by Crippen LogP contribution is 2.34. The van der Waals surface area contributed by atoms with Gasteiger partial charge in [0.25, 0.3) is 0 Å². The van der Waals surface area contributed by atoms with E-state index < -0.39 is 0 Å². The number of hydrogen-bond donors (Lipinski definition) is 0. The first-order valence-corrected chi connectivity index (χ1v) is 10.3. The molecule has 152 valence electrons. The van der Waals surface area contributed by atoms with E-state index in [0.29, 0.717) is 12.2 Å². The lowest BCUT2D eigenvalue weighted by Gasteiger charge is -2.07. The maximum atomic E-state index is 12.4. The number of para-hydroxylation sites is 1. The van der Waals surface area contributed by atoms with Crippen LogP contribution in [0.15, 0.2) is 79.0 Å². The van der Waals surface area contributed by atoms with Crippen molar-refractivity contribution in [3.63, 3.8) is 0 Å². The van der Waals surface area contributed by atoms with Crippen LogP contribution in [0.5, 0.6) is 0 Å². The van der Waals surface area contributed by atoms with Gasteiger partial charge in [-0.15, -0.1) is 0 Å². The number of pyridine rings is 1. The number of carbonyl (C=O) groups is 1. The Labute approximate surface area is 179 Å². The zero-order valence-corrected chi connectivity index (χ0v) is 17.4. The number of aryl methyl sites for hydroxylation is 1. The van der Waals surface area contributed by atoms with Gasteiger partial charge in [-0.05, 0) is 44.2 Å². The van der Waals surface area contributed by atoms with Crippen molar-refractivity contribution in [2.75, 3.05) is 6.61 Å². The third-order valence-corrected chi connectivity index (χ3v) is 5.34. The lowest BCUT2D eigenvalue weighted by molar-refractivity contribution is 0.0526. The topological polar surface area (TPSA) is 57.0 Å². The van der Waals surface area contributed by atoms with Crippen LogP contribution in [0.1, 0.15) is 22.8 Å². The number of fused-ring (bicyclic) bond motifs is 3. The van der Waals surface area contributed by atoms with Gasteiger partial charge in [-0.25, -0.2) is 9.48 Å². The zero-order chi connectivity index (χ0) is 21.4. The van der Waals surface area contributed by atoms with Gasteiger partial charge in [-0.3, -0.25) is 4.98 Å². The van der Waals surface area contributed by atoms with Crippen LogP contribution in [0.3, 0.4) is 0 Å². The van der Waals surface area contributed by atoms with E-state index in [1.54, 1.807) is 13.0 Å². The molecule has 5 aromatic rings. The van der Waals surface area contributed by atoms with Gasteiger partial charge in [-0.1, -0.05) is 48.0 Å². The number of nitrogens with zero attached hydrogens (tertiary/aromatic N) is 3. The molecule has 0 N–H and O–H groups in total. The highest BCUT2D eigenvalue weighted by atomic mass is 16.5. The van der Waals surface area contributed by atoms with Crippen LogP contribution in [0.2, 0.25) is 0 Å². The molecule has 0 aliphatic rings. The largest absolute Gasteiger partial charge is 0.462 e. The van der Waals surface area contributed by atoms with Crippen LogP contribution >= 0.6 is 0 Å². The number of hydrogen-bond acceptors (Lipinski definition) is 4. The molecule has 0 aliphatic heterocycles. The molecule has 2 aromatic heterocycles. The fourth-order valence-electron chi connectivity index (χ4n) is 3.81. The predicted octanol–water partition coefficient (Wildman–Crippen LogP) is 5.73. The van der Waals surface area contributed by atoms with Crippen molar-refractivity contribution in [2.45, 2.75) is 13.8 Å². The predicted molar refractivity (Wildman–Crippen MR) is 123 cm³/mol. The van der Waals surface area contributed by atoms with Crippen molar-refractivity contribution >= 4 is 27.8 Å². The Balaban J connectivity index is 1.84. The first-order valence-electron chi connectivity index (χ1n) is 10.3. The molecule has 5 heteroatoms. The maximum Gasteiger partial charge on any atom is 0.338 e. The molecule has 0 fully saturated rings. The summed E-state index contributed by atoms with van der Waals surface area (Å²) in [6.07, 6.45) is 1.86. The van der Waals surface area contributed by atoms with Crippen LogP contribution in [0.4, 0.5) is 0 Å². The van der Waals surface area contributed by atoms with Crippen molar-refractivity contribution in [1.29, 1.82) is 0 Å². The number of esters is 1. The van der Waals surface area contributed by atoms with Crippen LogP contribution in [-0.4, -0.2) is 27.3 Å². The third-order valence-electron chi connectivity index (χ3n) is 5.34. The van der Waals surface area contributed by atoms with Gasteiger partial charge in [0.15, 0.2) is 0 Å². The van der Waals surface area contributed by atoms with E-state index in [1.165, 1.54) is 5.56 Å². The van der Waals surface area contributed by atoms with Crippen molar-refractivity contribution in [3.8, 4) is 16.9 Å². The van der Waals surface area contributed by atoms with Gasteiger partial charge in [0.05, 0.1) is 28.9 Å². The molecule has 5 rings (SSSR count). The molecule has 31 heavy (non-hydrogen) atoms. The molecule has 2 heterocycles. The Kier molecular flexibility index (Phi) is 4.71. The van der Waals surface area contributed by atoms with E-state index in [0.717, 1.165) is 38.8 Å². The molecule has 0 saturated heterocycles. The summed E-state index contributed by atoms with van der Waals surface area (Å²) in [5, 5.41) is 6.77. The summed E-state index contributed by atoms with van der Waals surface area (Å²) in [7, 11) is 0. The van der Waals surface area contributed by atoms with Gasteiger partial charge in [0.2, 0.25) is 0 Å². The van der Waals surface area contributed by atoms with E-state index in [9.17, 15) is 4.79 Å². The van der Waals surface area contributed by atoms with E-state index in [-0.39, 0.29) is 5.97 Å². The molecule has 0 spiro atoms. The molecule has 0 amide bonds. The van der Waals surface area contributed by atoms with Crippen LogP contribution < -0.4 is 0 Å². The second-order valence-electron chi connectivity index (χ2n) is 7.43. The average Bonchev–Trinajstić information content (AvgIpc) is 3.20. The number of carbonyl (C=O) groups excluding carboxylic acids is 1. The summed E-state index contributed by atoms with van der Waals surface area (Å²) in [5.74, 6) is -0.342. The quantitative estimate of drug-likeness (QED) is 0.357. The minimum atomic E-state index is -0.342. The zero-order valence-electron chi connectivity index (χ0n) is 17.4. The molecule has 0 saturated carbocycles. The normalized spacial score (nSPS) is 11.2. The smallest absolute Gasteiger partial charge is 0.338 e. The molecule has 3 aromatic carbocycles. The van der Waals surface area contributed by atoms with Crippen molar-refractivity contribution in [1.82, 2.24) is 14.8 Å². The molecule has 5 nitrogen and oxygen atoms in total. The van der Waals surface area contributed by atoms with E-state index >= 15 is 0 Å². The first kappa shape index (κ1) is 19.0. The van der Waals surface area contributed by atoms with Crippen LogP contribution in [0.25, 0.3) is 38.8 Å². The lowest BCUT2D eigenvalue weighted by atomic mass is 10.0. The van der Waals surface area contributed by atoms with Crippen LogP contribution in [-0.2, 0) is 4.74 Å². The second kappa shape index (κ2) is 7.69. The van der Waals surface area contributed by atoms with E-state index in [2.05, 4.69) is 36.2 Å². The van der Waals surface area contributed by atoms with Gasteiger partial charge in [0.1, 0.15) is 5.69 Å². The maximum absolute atomic E-state index is 12.4. The first-order chi connectivity index (χ1) is 15.2. The Morgan fingerprint density at radius 2 is 1.74 bits per heavy atom. The number of aromatic nitrogens is 3. The standard InChI is InChI=1S/C26H21N3O2/c1-3-31-26(30)19-13-14-23-21(15-19)25-22(16-27-23)24(18-11-9-17(2)10-12-18)28-29(25)20-7-5-4-6-8-20/h4-16H,3H2,1-2H3.